The van der Waals surface area contributed by atoms with Crippen LogP contribution in [0.4, 0.5) is 0 Å². The lowest BCUT2D eigenvalue weighted by Crippen LogP contribution is -2.43. The predicted molar refractivity (Wildman–Crippen MR) is 64.1 cm³/mol. The Morgan fingerprint density at radius 3 is 2.50 bits per heavy atom. The van der Waals surface area contributed by atoms with Crippen LogP contribution >= 0.6 is 0 Å². The fourth-order valence-corrected chi connectivity index (χ4v) is 2.18. The van der Waals surface area contributed by atoms with Gasteiger partial charge in [0, 0.05) is 12.6 Å². The summed E-state index contributed by atoms with van der Waals surface area (Å²) in [4.78, 5) is 0. The van der Waals surface area contributed by atoms with Crippen LogP contribution in [0.2, 0.25) is 18.1 Å². The van der Waals surface area contributed by atoms with Gasteiger partial charge in [-0.25, -0.2) is 0 Å². The van der Waals surface area contributed by atoms with Crippen LogP contribution in [0.25, 0.3) is 0 Å². The molecule has 1 atom stereocenters. The van der Waals surface area contributed by atoms with E-state index in [1.807, 2.05) is 0 Å². The first kappa shape index (κ1) is 11.9. The maximum Gasteiger partial charge on any atom is 0.192 e. The van der Waals surface area contributed by atoms with Crippen molar-refractivity contribution in [2.24, 2.45) is 0 Å². The number of nitrogens with one attached hydrogen (secondary N) is 1. The van der Waals surface area contributed by atoms with Crippen molar-refractivity contribution in [1.29, 1.82) is 0 Å². The van der Waals surface area contributed by atoms with Crippen molar-refractivity contribution in [3.63, 3.8) is 0 Å². The van der Waals surface area contributed by atoms with Crippen LogP contribution < -0.4 is 5.32 Å². The highest BCUT2D eigenvalue weighted by molar-refractivity contribution is 6.74. The van der Waals surface area contributed by atoms with E-state index in [1.165, 1.54) is 0 Å². The van der Waals surface area contributed by atoms with Crippen molar-refractivity contribution in [2.45, 2.75) is 44.9 Å². The lowest BCUT2D eigenvalue weighted by atomic mass is 10.2. The Labute approximate surface area is 88.9 Å². The van der Waals surface area contributed by atoms with Crippen molar-refractivity contribution < 1.29 is 4.43 Å². The van der Waals surface area contributed by atoms with Gasteiger partial charge in [-0.05, 0) is 18.1 Å². The Balaban J connectivity index is 2.39. The van der Waals surface area contributed by atoms with Crippen LogP contribution in [0.3, 0.4) is 0 Å². The van der Waals surface area contributed by atoms with Crippen LogP contribution in [-0.2, 0) is 4.43 Å². The third-order valence-corrected chi connectivity index (χ3v) is 7.80. The molecule has 0 aromatic rings. The minimum atomic E-state index is -1.55. The topological polar surface area (TPSA) is 21.3 Å². The molecule has 0 saturated heterocycles. The van der Waals surface area contributed by atoms with Crippen LogP contribution in [0.5, 0.6) is 0 Å². The van der Waals surface area contributed by atoms with Gasteiger partial charge in [-0.1, -0.05) is 32.9 Å². The highest BCUT2D eigenvalue weighted by atomic mass is 28.4. The maximum absolute atomic E-state index is 6.10. The molecule has 0 radical (unpaired) electrons. The molecule has 0 aromatic carbocycles. The quantitative estimate of drug-likeness (QED) is 0.574. The average Bonchev–Trinajstić information content (AvgIpc) is 2.50. The summed E-state index contributed by atoms with van der Waals surface area (Å²) in [5.74, 6) is 0. The SMILES string of the molecule is CC(C)(C)[Si](C)(C)OC[C@H]1C=CCN1. The highest BCUT2D eigenvalue weighted by Crippen LogP contribution is 2.36. The van der Waals surface area contributed by atoms with Crippen LogP contribution in [0.1, 0.15) is 20.8 Å². The normalized spacial score (nSPS) is 23.1. The Morgan fingerprint density at radius 1 is 1.43 bits per heavy atom. The zero-order valence-corrected chi connectivity index (χ0v) is 11.1. The Morgan fingerprint density at radius 2 is 2.07 bits per heavy atom. The summed E-state index contributed by atoms with van der Waals surface area (Å²) in [6, 6.07) is 0.434. The van der Waals surface area contributed by atoms with Gasteiger partial charge >= 0.3 is 0 Å². The minimum Gasteiger partial charge on any atom is -0.415 e. The van der Waals surface area contributed by atoms with Gasteiger partial charge in [0.2, 0.25) is 0 Å². The second-order valence-corrected chi connectivity index (χ2v) is 10.3. The fraction of sp³-hybridized carbons (Fsp3) is 0.818. The minimum absolute atomic E-state index is 0.315. The molecule has 0 aliphatic carbocycles. The second-order valence-electron chi connectivity index (χ2n) is 5.51. The van der Waals surface area contributed by atoms with Gasteiger partial charge in [0.1, 0.15) is 0 Å². The molecule has 0 fully saturated rings. The van der Waals surface area contributed by atoms with Gasteiger partial charge in [-0.2, -0.15) is 0 Å². The van der Waals surface area contributed by atoms with E-state index in [9.17, 15) is 0 Å². The van der Waals surface area contributed by atoms with E-state index in [1.54, 1.807) is 0 Å². The van der Waals surface area contributed by atoms with Crippen molar-refractivity contribution in [3.05, 3.63) is 12.2 Å². The first-order valence-corrected chi connectivity index (χ1v) is 8.28. The Hall–Kier alpha value is -0.123. The van der Waals surface area contributed by atoms with Gasteiger partial charge in [0.25, 0.3) is 0 Å². The molecule has 0 amide bonds. The lowest BCUT2D eigenvalue weighted by Gasteiger charge is -2.36. The zero-order chi connectivity index (χ0) is 10.8. The maximum atomic E-state index is 6.10. The molecule has 1 aliphatic heterocycles. The van der Waals surface area contributed by atoms with Crippen molar-refractivity contribution >= 4 is 8.32 Å². The highest BCUT2D eigenvalue weighted by Gasteiger charge is 2.37. The van der Waals surface area contributed by atoms with E-state index in [-0.39, 0.29) is 0 Å². The van der Waals surface area contributed by atoms with E-state index in [0.29, 0.717) is 11.1 Å². The molecule has 0 spiro atoms. The van der Waals surface area contributed by atoms with Crippen molar-refractivity contribution in [3.8, 4) is 0 Å². The molecule has 0 bridgehead atoms. The zero-order valence-electron chi connectivity index (χ0n) is 10.1. The van der Waals surface area contributed by atoms with E-state index in [0.717, 1.165) is 13.2 Å². The van der Waals surface area contributed by atoms with Crippen LogP contribution in [0, 0.1) is 0 Å². The summed E-state index contributed by atoms with van der Waals surface area (Å²) in [5, 5.41) is 3.68. The summed E-state index contributed by atoms with van der Waals surface area (Å²) in [5.41, 5.74) is 0. The Bertz CT molecular complexity index is 218. The molecule has 0 unspecified atom stereocenters. The van der Waals surface area contributed by atoms with Gasteiger partial charge < -0.3 is 9.74 Å². The molecule has 1 aliphatic rings. The molecular formula is C11H23NOSi. The summed E-state index contributed by atoms with van der Waals surface area (Å²) in [6.07, 6.45) is 4.37. The van der Waals surface area contributed by atoms with Crippen LogP contribution in [-0.4, -0.2) is 27.5 Å². The molecule has 14 heavy (non-hydrogen) atoms. The van der Waals surface area contributed by atoms with Gasteiger partial charge in [0.15, 0.2) is 8.32 Å². The standard InChI is InChI=1S/C11H23NOSi/c1-11(2,3)14(4,5)13-9-10-7-6-8-12-10/h6-7,10,12H,8-9H2,1-5H3/t10-/m1/s1. The summed E-state index contributed by atoms with van der Waals surface area (Å²) in [6.45, 7) is 13.2. The fourth-order valence-electron chi connectivity index (χ4n) is 1.15. The monoisotopic (exact) mass is 213 g/mol. The largest absolute Gasteiger partial charge is 0.415 e. The predicted octanol–water partition coefficient (Wildman–Crippen LogP) is 2.54. The molecule has 1 N–H and O–H groups in total. The average molecular weight is 213 g/mol. The molecule has 1 rings (SSSR count). The molecular weight excluding hydrogens is 190 g/mol. The number of hydrogen-bond donors (Lipinski definition) is 1. The first-order valence-electron chi connectivity index (χ1n) is 5.37. The van der Waals surface area contributed by atoms with Gasteiger partial charge in [-0.15, -0.1) is 0 Å². The second kappa shape index (κ2) is 4.17. The molecule has 82 valence electrons. The van der Waals surface area contributed by atoms with E-state index in [2.05, 4.69) is 51.3 Å². The van der Waals surface area contributed by atoms with Crippen molar-refractivity contribution in [1.82, 2.24) is 5.32 Å². The lowest BCUT2D eigenvalue weighted by molar-refractivity contribution is 0.268. The summed E-state index contributed by atoms with van der Waals surface area (Å²) < 4.78 is 6.10. The van der Waals surface area contributed by atoms with Gasteiger partial charge in [-0.3, -0.25) is 0 Å². The summed E-state index contributed by atoms with van der Waals surface area (Å²) >= 11 is 0. The molecule has 0 saturated carbocycles. The smallest absolute Gasteiger partial charge is 0.192 e. The number of rotatable bonds is 3. The molecule has 3 heteroatoms. The van der Waals surface area contributed by atoms with E-state index < -0.39 is 8.32 Å². The van der Waals surface area contributed by atoms with Crippen molar-refractivity contribution in [2.75, 3.05) is 13.2 Å². The summed E-state index contributed by atoms with van der Waals surface area (Å²) in [7, 11) is -1.55. The molecule has 2 nitrogen and oxygen atoms in total. The molecule has 1 heterocycles. The first-order chi connectivity index (χ1) is 6.33. The van der Waals surface area contributed by atoms with E-state index in [4.69, 9.17) is 4.43 Å². The third kappa shape index (κ3) is 2.94. The number of hydrogen-bond acceptors (Lipinski definition) is 2. The van der Waals surface area contributed by atoms with Crippen LogP contribution in [0.15, 0.2) is 12.2 Å². The molecule has 0 aromatic heterocycles. The Kier molecular flexibility index (Phi) is 3.56. The van der Waals surface area contributed by atoms with Gasteiger partial charge in [0.05, 0.1) is 6.61 Å². The van der Waals surface area contributed by atoms with E-state index >= 15 is 0 Å². The third-order valence-electron chi connectivity index (χ3n) is 3.30.